The molecular weight excluding hydrogens is 336 g/mol. The molecule has 3 rings (SSSR count). The molecule has 140 valence electrons. The van der Waals surface area contributed by atoms with Crippen LogP contribution in [-0.4, -0.2) is 40.6 Å². The number of aliphatic hydroxyl groups excluding tert-OH is 1. The van der Waals surface area contributed by atoms with Gasteiger partial charge in [0.2, 0.25) is 0 Å². The van der Waals surface area contributed by atoms with Gasteiger partial charge in [0.25, 0.3) is 0 Å². The van der Waals surface area contributed by atoms with Crippen LogP contribution in [-0.2, 0) is 14.3 Å². The summed E-state index contributed by atoms with van der Waals surface area (Å²) < 4.78 is 5.85. The number of ketones is 1. The number of ether oxygens (including phenoxy) is 1. The molecule has 0 saturated heterocycles. The van der Waals surface area contributed by atoms with Gasteiger partial charge in [0.15, 0.2) is 0 Å². The van der Waals surface area contributed by atoms with Gasteiger partial charge in [-0.3, -0.25) is 9.59 Å². The van der Waals surface area contributed by atoms with Gasteiger partial charge in [-0.2, -0.15) is 11.8 Å². The molecule has 1 N–H and O–H groups in total. The van der Waals surface area contributed by atoms with Crippen molar-refractivity contribution < 1.29 is 19.4 Å². The maximum absolute atomic E-state index is 12.7. The summed E-state index contributed by atoms with van der Waals surface area (Å²) in [4.78, 5) is 24.9. The maximum atomic E-state index is 12.7. The second-order valence-electron chi connectivity index (χ2n) is 8.03. The molecule has 4 nitrogen and oxygen atoms in total. The lowest BCUT2D eigenvalue weighted by atomic mass is 9.57. The summed E-state index contributed by atoms with van der Waals surface area (Å²) in [6, 6.07) is 0. The number of hydrogen-bond donors (Lipinski definition) is 1. The predicted molar refractivity (Wildman–Crippen MR) is 99.4 cm³/mol. The third kappa shape index (κ3) is 3.82. The molecule has 0 radical (unpaired) electrons. The van der Waals surface area contributed by atoms with E-state index in [9.17, 15) is 14.7 Å². The van der Waals surface area contributed by atoms with Crippen LogP contribution in [0.4, 0.5) is 0 Å². The highest BCUT2D eigenvalue weighted by molar-refractivity contribution is 7.99. The van der Waals surface area contributed by atoms with E-state index in [4.69, 9.17) is 4.74 Å². The fourth-order valence-electron chi connectivity index (χ4n) is 5.29. The number of carbonyl (C=O) groups excluding carboxylic acids is 2. The first-order valence-corrected chi connectivity index (χ1v) is 10.8. The van der Waals surface area contributed by atoms with Crippen LogP contribution < -0.4 is 0 Å². The highest BCUT2D eigenvalue weighted by Crippen LogP contribution is 2.58. The third-order valence-electron chi connectivity index (χ3n) is 6.38. The SMILES string of the molecule is C=C1C[C@@H](OC(=O)CSCCC)C2CCCC3(CCC(=O)C23)C[C@H]1O. The zero-order valence-electron chi connectivity index (χ0n) is 15.2. The van der Waals surface area contributed by atoms with E-state index in [1.54, 1.807) is 11.8 Å². The summed E-state index contributed by atoms with van der Waals surface area (Å²) in [5.74, 6) is 1.45. The minimum Gasteiger partial charge on any atom is -0.461 e. The lowest BCUT2D eigenvalue weighted by molar-refractivity contribution is -0.156. The van der Waals surface area contributed by atoms with E-state index in [0.717, 1.165) is 43.4 Å². The Morgan fingerprint density at radius 1 is 1.44 bits per heavy atom. The minimum absolute atomic E-state index is 0.0508. The van der Waals surface area contributed by atoms with Crippen molar-refractivity contribution in [2.24, 2.45) is 17.3 Å². The van der Waals surface area contributed by atoms with Gasteiger partial charge in [0.05, 0.1) is 11.9 Å². The first-order chi connectivity index (χ1) is 12.0. The molecule has 2 bridgehead atoms. The summed E-state index contributed by atoms with van der Waals surface area (Å²) in [6.07, 6.45) is 5.70. The van der Waals surface area contributed by atoms with Crippen LogP contribution >= 0.6 is 11.8 Å². The molecule has 0 aliphatic heterocycles. The molecule has 5 atom stereocenters. The molecule has 3 unspecified atom stereocenters. The molecule has 0 amide bonds. The van der Waals surface area contributed by atoms with Crippen molar-refractivity contribution in [2.45, 2.75) is 70.5 Å². The largest absolute Gasteiger partial charge is 0.461 e. The Labute approximate surface area is 154 Å². The van der Waals surface area contributed by atoms with Crippen LogP contribution in [0.15, 0.2) is 12.2 Å². The number of hydrogen-bond acceptors (Lipinski definition) is 5. The smallest absolute Gasteiger partial charge is 0.316 e. The van der Waals surface area contributed by atoms with Crippen molar-refractivity contribution in [1.82, 2.24) is 0 Å². The van der Waals surface area contributed by atoms with Crippen molar-refractivity contribution in [3.8, 4) is 0 Å². The number of esters is 1. The fraction of sp³-hybridized carbons (Fsp3) is 0.800. The number of carbonyl (C=O) groups is 2. The van der Waals surface area contributed by atoms with Crippen LogP contribution in [0.25, 0.3) is 0 Å². The van der Waals surface area contributed by atoms with Crippen molar-refractivity contribution in [3.05, 3.63) is 12.2 Å². The lowest BCUT2D eigenvalue weighted by Gasteiger charge is -2.48. The van der Waals surface area contributed by atoms with Gasteiger partial charge < -0.3 is 9.84 Å². The second-order valence-corrected chi connectivity index (χ2v) is 9.13. The molecule has 3 aliphatic carbocycles. The van der Waals surface area contributed by atoms with E-state index in [1.807, 2.05) is 0 Å². The molecule has 0 aromatic heterocycles. The Morgan fingerprint density at radius 2 is 2.24 bits per heavy atom. The van der Waals surface area contributed by atoms with Crippen molar-refractivity contribution in [3.63, 3.8) is 0 Å². The van der Waals surface area contributed by atoms with Gasteiger partial charge >= 0.3 is 5.97 Å². The Hall–Kier alpha value is -0.810. The highest BCUT2D eigenvalue weighted by Gasteiger charge is 2.57. The topological polar surface area (TPSA) is 63.6 Å². The zero-order valence-corrected chi connectivity index (χ0v) is 16.0. The first-order valence-electron chi connectivity index (χ1n) is 9.62. The van der Waals surface area contributed by atoms with Gasteiger partial charge in [0.1, 0.15) is 11.9 Å². The van der Waals surface area contributed by atoms with Gasteiger partial charge in [-0.1, -0.05) is 19.9 Å². The number of rotatable bonds is 5. The van der Waals surface area contributed by atoms with Crippen molar-refractivity contribution in [2.75, 3.05) is 11.5 Å². The Kier molecular flexibility index (Phi) is 5.94. The summed E-state index contributed by atoms with van der Waals surface area (Å²) in [6.45, 7) is 6.14. The molecule has 0 heterocycles. The number of Topliss-reactive ketones (excluding diaryl/α,β-unsaturated/α-hetero) is 1. The van der Waals surface area contributed by atoms with Crippen LogP contribution in [0.2, 0.25) is 0 Å². The Balaban J connectivity index is 1.80. The predicted octanol–water partition coefficient (Wildman–Crippen LogP) is 3.52. The summed E-state index contributed by atoms with van der Waals surface area (Å²) >= 11 is 1.59. The van der Waals surface area contributed by atoms with E-state index in [2.05, 4.69) is 13.5 Å². The van der Waals surface area contributed by atoms with E-state index in [-0.39, 0.29) is 29.3 Å². The normalized spacial score (nSPS) is 38.0. The first kappa shape index (κ1) is 19.0. The maximum Gasteiger partial charge on any atom is 0.316 e. The molecule has 3 fully saturated rings. The third-order valence-corrected chi connectivity index (χ3v) is 7.52. The van der Waals surface area contributed by atoms with Crippen molar-refractivity contribution in [1.29, 1.82) is 0 Å². The Bertz CT molecular complexity index is 546. The van der Waals surface area contributed by atoms with Gasteiger partial charge in [-0.15, -0.1) is 0 Å². The molecular formula is C20H30O4S. The molecule has 0 aromatic carbocycles. The second kappa shape index (κ2) is 7.83. The standard InChI is InChI=1S/C20H30O4S/c1-3-9-25-12-18(23)24-17-10-13(2)16(22)11-20-7-4-5-14(17)19(20)15(21)6-8-20/h14,16-17,19,22H,2-12H2,1H3/t14?,16-,17-,19?,20?/m1/s1. The summed E-state index contributed by atoms with van der Waals surface area (Å²) in [5.41, 5.74) is 0.646. The number of thioether (sulfide) groups is 1. The molecule has 25 heavy (non-hydrogen) atoms. The van der Waals surface area contributed by atoms with E-state index in [1.165, 1.54) is 0 Å². The van der Waals surface area contributed by atoms with Crippen molar-refractivity contribution >= 4 is 23.5 Å². The quantitative estimate of drug-likeness (QED) is 0.458. The van der Waals surface area contributed by atoms with E-state index < -0.39 is 6.10 Å². The fourth-order valence-corrected chi connectivity index (χ4v) is 5.96. The molecule has 0 aromatic rings. The highest BCUT2D eigenvalue weighted by atomic mass is 32.2. The average Bonchev–Trinajstić information content (AvgIpc) is 2.90. The lowest BCUT2D eigenvalue weighted by Crippen LogP contribution is -2.48. The van der Waals surface area contributed by atoms with Crippen LogP contribution in [0, 0.1) is 17.3 Å². The van der Waals surface area contributed by atoms with E-state index in [0.29, 0.717) is 30.8 Å². The van der Waals surface area contributed by atoms with Crippen LogP contribution in [0.1, 0.15) is 58.3 Å². The summed E-state index contributed by atoms with van der Waals surface area (Å²) in [7, 11) is 0. The zero-order chi connectivity index (χ0) is 18.0. The average molecular weight is 367 g/mol. The number of aliphatic hydroxyl groups is 1. The van der Waals surface area contributed by atoms with E-state index >= 15 is 0 Å². The molecule has 5 heteroatoms. The molecule has 3 saturated carbocycles. The van der Waals surface area contributed by atoms with Crippen LogP contribution in [0.3, 0.4) is 0 Å². The molecule has 3 aliphatic rings. The van der Waals surface area contributed by atoms with Gasteiger partial charge in [-0.05, 0) is 48.8 Å². The van der Waals surface area contributed by atoms with Crippen LogP contribution in [0.5, 0.6) is 0 Å². The molecule has 0 spiro atoms. The Morgan fingerprint density at radius 3 is 3.00 bits per heavy atom. The monoisotopic (exact) mass is 366 g/mol. The summed E-state index contributed by atoms with van der Waals surface area (Å²) in [5, 5.41) is 10.6. The minimum atomic E-state index is -0.594. The van der Waals surface area contributed by atoms with Gasteiger partial charge in [0, 0.05) is 24.7 Å². The van der Waals surface area contributed by atoms with Gasteiger partial charge in [-0.25, -0.2) is 0 Å².